The van der Waals surface area contributed by atoms with Crippen molar-refractivity contribution in [3.05, 3.63) is 18.2 Å². The van der Waals surface area contributed by atoms with E-state index in [0.29, 0.717) is 18.9 Å². The molecule has 1 unspecified atom stereocenters. The smallest absolute Gasteiger partial charge is 0.231 e. The summed E-state index contributed by atoms with van der Waals surface area (Å²) in [7, 11) is 0. The fourth-order valence-electron chi connectivity index (χ4n) is 2.84. The summed E-state index contributed by atoms with van der Waals surface area (Å²) in [5.41, 5.74) is 0. The van der Waals surface area contributed by atoms with Gasteiger partial charge in [0.1, 0.15) is 5.75 Å². The fraction of sp³-hybridized carbons (Fsp3) is 0.600. The number of rotatable bonds is 5. The number of aliphatic hydroxyl groups is 1. The van der Waals surface area contributed by atoms with Crippen LogP contribution in [0.3, 0.4) is 0 Å². The summed E-state index contributed by atoms with van der Waals surface area (Å²) in [6.07, 6.45) is 5.29. The Morgan fingerprint density at radius 3 is 2.84 bits per heavy atom. The minimum atomic E-state index is -0.225. The molecule has 1 aromatic rings. The molecule has 1 heterocycles. The van der Waals surface area contributed by atoms with Gasteiger partial charge in [0, 0.05) is 12.5 Å². The van der Waals surface area contributed by atoms with Crippen molar-refractivity contribution >= 4 is 0 Å². The van der Waals surface area contributed by atoms with Crippen LogP contribution in [0.4, 0.5) is 0 Å². The Balaban J connectivity index is 1.47. The van der Waals surface area contributed by atoms with Gasteiger partial charge in [0.2, 0.25) is 6.79 Å². The van der Waals surface area contributed by atoms with Gasteiger partial charge in [-0.25, -0.2) is 0 Å². The summed E-state index contributed by atoms with van der Waals surface area (Å²) in [6, 6.07) is 5.56. The highest BCUT2D eigenvalue weighted by Crippen LogP contribution is 2.35. The molecule has 1 aliphatic carbocycles. The maximum atomic E-state index is 10.1. The van der Waals surface area contributed by atoms with E-state index in [1.54, 1.807) is 0 Å². The lowest BCUT2D eigenvalue weighted by molar-refractivity contribution is 0.0853. The summed E-state index contributed by atoms with van der Waals surface area (Å²) < 4.78 is 16.2. The molecule has 19 heavy (non-hydrogen) atoms. The Bertz CT molecular complexity index is 426. The van der Waals surface area contributed by atoms with Crippen molar-refractivity contribution < 1.29 is 19.3 Å². The van der Waals surface area contributed by atoms with Gasteiger partial charge in [0.05, 0.1) is 12.7 Å². The van der Waals surface area contributed by atoms with Gasteiger partial charge in [-0.1, -0.05) is 12.8 Å². The van der Waals surface area contributed by atoms with Crippen LogP contribution in [0.2, 0.25) is 0 Å². The number of ether oxygens (including phenoxy) is 3. The van der Waals surface area contributed by atoms with Crippen LogP contribution < -0.4 is 14.2 Å². The third kappa shape index (κ3) is 2.95. The van der Waals surface area contributed by atoms with E-state index < -0.39 is 0 Å². The number of fused-ring (bicyclic) bond motifs is 1. The van der Waals surface area contributed by atoms with Gasteiger partial charge in [0.25, 0.3) is 0 Å². The van der Waals surface area contributed by atoms with Crippen LogP contribution in [0.15, 0.2) is 18.2 Å². The zero-order chi connectivity index (χ0) is 13.1. The number of benzene rings is 1. The Labute approximate surface area is 113 Å². The molecule has 0 spiro atoms. The van der Waals surface area contributed by atoms with E-state index in [4.69, 9.17) is 14.2 Å². The second kappa shape index (κ2) is 5.70. The summed E-state index contributed by atoms with van der Waals surface area (Å²) in [6.45, 7) is 0.816. The van der Waals surface area contributed by atoms with Crippen LogP contribution in [-0.4, -0.2) is 24.6 Å². The van der Waals surface area contributed by atoms with E-state index >= 15 is 0 Å². The lowest BCUT2D eigenvalue weighted by Crippen LogP contribution is -2.20. The standard InChI is InChI=1S/C15H20O4/c16-13(11-3-1-2-4-11)7-8-17-12-5-6-14-15(9-12)19-10-18-14/h5-6,9,11,13,16H,1-4,7-8,10H2. The monoisotopic (exact) mass is 264 g/mol. The molecule has 4 nitrogen and oxygen atoms in total. The molecule has 0 amide bonds. The van der Waals surface area contributed by atoms with Crippen molar-refractivity contribution in [2.45, 2.75) is 38.2 Å². The van der Waals surface area contributed by atoms with Crippen LogP contribution in [0.1, 0.15) is 32.1 Å². The van der Waals surface area contributed by atoms with Gasteiger partial charge in [-0.15, -0.1) is 0 Å². The zero-order valence-corrected chi connectivity index (χ0v) is 11.0. The fourth-order valence-corrected chi connectivity index (χ4v) is 2.84. The molecule has 1 aliphatic heterocycles. The summed E-state index contributed by atoms with van der Waals surface area (Å²) >= 11 is 0. The molecule has 1 saturated carbocycles. The minimum absolute atomic E-state index is 0.225. The van der Waals surface area contributed by atoms with E-state index in [1.165, 1.54) is 12.8 Å². The SMILES string of the molecule is OC(CCOc1ccc2c(c1)OCO2)C1CCCC1. The van der Waals surface area contributed by atoms with Gasteiger partial charge < -0.3 is 19.3 Å². The van der Waals surface area contributed by atoms with Crippen molar-refractivity contribution in [3.63, 3.8) is 0 Å². The number of aliphatic hydroxyl groups excluding tert-OH is 1. The number of hydrogen-bond acceptors (Lipinski definition) is 4. The molecular weight excluding hydrogens is 244 g/mol. The van der Waals surface area contributed by atoms with Gasteiger partial charge in [-0.2, -0.15) is 0 Å². The molecule has 1 aromatic carbocycles. The Kier molecular flexibility index (Phi) is 3.78. The molecule has 0 saturated heterocycles. The molecule has 1 atom stereocenters. The average molecular weight is 264 g/mol. The first-order valence-electron chi connectivity index (χ1n) is 7.03. The largest absolute Gasteiger partial charge is 0.493 e. The summed E-state index contributed by atoms with van der Waals surface area (Å²) in [4.78, 5) is 0. The van der Waals surface area contributed by atoms with E-state index in [9.17, 15) is 5.11 Å². The molecule has 104 valence electrons. The molecule has 1 N–H and O–H groups in total. The summed E-state index contributed by atoms with van der Waals surface area (Å²) in [5.74, 6) is 2.73. The normalized spacial score (nSPS) is 19.6. The van der Waals surface area contributed by atoms with E-state index in [1.807, 2.05) is 18.2 Å². The highest BCUT2D eigenvalue weighted by Gasteiger charge is 2.23. The molecule has 0 aromatic heterocycles. The second-order valence-electron chi connectivity index (χ2n) is 5.26. The van der Waals surface area contributed by atoms with E-state index in [2.05, 4.69) is 0 Å². The molecular formula is C15H20O4. The quantitative estimate of drug-likeness (QED) is 0.888. The van der Waals surface area contributed by atoms with Crippen molar-refractivity contribution in [1.29, 1.82) is 0 Å². The summed E-state index contributed by atoms with van der Waals surface area (Å²) in [5, 5.41) is 10.1. The predicted molar refractivity (Wildman–Crippen MR) is 70.6 cm³/mol. The minimum Gasteiger partial charge on any atom is -0.493 e. The topological polar surface area (TPSA) is 47.9 Å². The lowest BCUT2D eigenvalue weighted by atomic mass is 9.99. The van der Waals surface area contributed by atoms with Crippen LogP contribution in [-0.2, 0) is 0 Å². The first-order chi connectivity index (χ1) is 9.33. The average Bonchev–Trinajstić information content (AvgIpc) is 3.09. The van der Waals surface area contributed by atoms with Crippen molar-refractivity contribution in [3.8, 4) is 17.2 Å². The number of hydrogen-bond donors (Lipinski definition) is 1. The maximum Gasteiger partial charge on any atom is 0.231 e. The Morgan fingerprint density at radius 1 is 1.21 bits per heavy atom. The van der Waals surface area contributed by atoms with Crippen LogP contribution >= 0.6 is 0 Å². The molecule has 3 rings (SSSR count). The third-order valence-electron chi connectivity index (χ3n) is 3.97. The first-order valence-corrected chi connectivity index (χ1v) is 7.03. The molecule has 2 aliphatic rings. The van der Waals surface area contributed by atoms with Crippen LogP contribution in [0, 0.1) is 5.92 Å². The molecule has 4 heteroatoms. The van der Waals surface area contributed by atoms with Crippen LogP contribution in [0.5, 0.6) is 17.2 Å². The van der Waals surface area contributed by atoms with E-state index in [0.717, 1.165) is 30.1 Å². The molecule has 1 fully saturated rings. The Hall–Kier alpha value is -1.42. The van der Waals surface area contributed by atoms with Gasteiger partial charge >= 0.3 is 0 Å². The van der Waals surface area contributed by atoms with Crippen molar-refractivity contribution in [1.82, 2.24) is 0 Å². The van der Waals surface area contributed by atoms with Crippen molar-refractivity contribution in [2.24, 2.45) is 5.92 Å². The van der Waals surface area contributed by atoms with Gasteiger partial charge in [0.15, 0.2) is 11.5 Å². The maximum absolute atomic E-state index is 10.1. The highest BCUT2D eigenvalue weighted by atomic mass is 16.7. The second-order valence-corrected chi connectivity index (χ2v) is 5.26. The van der Waals surface area contributed by atoms with Crippen LogP contribution in [0.25, 0.3) is 0 Å². The highest BCUT2D eigenvalue weighted by molar-refractivity contribution is 5.46. The predicted octanol–water partition coefficient (Wildman–Crippen LogP) is 2.74. The van der Waals surface area contributed by atoms with Gasteiger partial charge in [-0.05, 0) is 30.9 Å². The van der Waals surface area contributed by atoms with Crippen molar-refractivity contribution in [2.75, 3.05) is 13.4 Å². The molecule has 0 bridgehead atoms. The lowest BCUT2D eigenvalue weighted by Gasteiger charge is -2.17. The first kappa shape index (κ1) is 12.6. The third-order valence-corrected chi connectivity index (χ3v) is 3.97. The molecule has 0 radical (unpaired) electrons. The Morgan fingerprint density at radius 2 is 2.00 bits per heavy atom. The van der Waals surface area contributed by atoms with E-state index in [-0.39, 0.29) is 12.9 Å². The zero-order valence-electron chi connectivity index (χ0n) is 11.0. The van der Waals surface area contributed by atoms with Gasteiger partial charge in [-0.3, -0.25) is 0 Å².